The highest BCUT2D eigenvalue weighted by Gasteiger charge is 2.20. The number of hydrogen-bond donors (Lipinski definition) is 0. The lowest BCUT2D eigenvalue weighted by Crippen LogP contribution is -2.32. The van der Waals surface area contributed by atoms with Crippen LogP contribution in [0.4, 0.5) is 0 Å². The van der Waals surface area contributed by atoms with Gasteiger partial charge in [-0.25, -0.2) is 9.97 Å². The van der Waals surface area contributed by atoms with Gasteiger partial charge in [0.2, 0.25) is 0 Å². The lowest BCUT2D eigenvalue weighted by molar-refractivity contribution is 0.240. The Bertz CT molecular complexity index is 1220. The summed E-state index contributed by atoms with van der Waals surface area (Å²) >= 11 is 7.68. The fraction of sp³-hybridized carbons (Fsp3) is 0.190. The van der Waals surface area contributed by atoms with Crippen LogP contribution in [0.15, 0.2) is 57.4 Å². The van der Waals surface area contributed by atoms with Crippen molar-refractivity contribution >= 4 is 33.9 Å². The Morgan fingerprint density at radius 2 is 2.21 bits per heavy atom. The minimum Gasteiger partial charge on any atom is -0.464 e. The largest absolute Gasteiger partial charge is 0.464 e. The molecular weight excluding hydrogens is 394 g/mol. The first kappa shape index (κ1) is 17.6. The SMILES string of the molecule is O=c1c(CN2CCc3nc(-c4cccs4)ncc3C2)coc2ccc(Cl)cc12. The van der Waals surface area contributed by atoms with Crippen LogP contribution in [0.2, 0.25) is 5.02 Å². The molecular formula is C21H16ClN3O2S. The Morgan fingerprint density at radius 1 is 1.29 bits per heavy atom. The molecule has 0 aliphatic carbocycles. The fourth-order valence-electron chi connectivity index (χ4n) is 3.53. The number of thiophene rings is 1. The molecule has 140 valence electrons. The van der Waals surface area contributed by atoms with E-state index in [1.807, 2.05) is 23.7 Å². The molecule has 0 atom stereocenters. The van der Waals surface area contributed by atoms with Crippen LogP contribution in [0.3, 0.4) is 0 Å². The van der Waals surface area contributed by atoms with Crippen LogP contribution in [0.1, 0.15) is 16.8 Å². The van der Waals surface area contributed by atoms with Crippen molar-refractivity contribution in [2.24, 2.45) is 0 Å². The highest BCUT2D eigenvalue weighted by Crippen LogP contribution is 2.25. The Labute approximate surface area is 170 Å². The van der Waals surface area contributed by atoms with Gasteiger partial charge in [0.1, 0.15) is 5.58 Å². The number of rotatable bonds is 3. The van der Waals surface area contributed by atoms with E-state index in [-0.39, 0.29) is 5.43 Å². The van der Waals surface area contributed by atoms with Crippen molar-refractivity contribution in [1.82, 2.24) is 14.9 Å². The van der Waals surface area contributed by atoms with Gasteiger partial charge in [-0.2, -0.15) is 0 Å². The second kappa shape index (κ2) is 7.13. The number of nitrogens with zero attached hydrogens (tertiary/aromatic N) is 3. The van der Waals surface area contributed by atoms with E-state index >= 15 is 0 Å². The third-order valence-electron chi connectivity index (χ3n) is 4.95. The summed E-state index contributed by atoms with van der Waals surface area (Å²) in [5.41, 5.74) is 3.36. The Hall–Kier alpha value is -2.54. The topological polar surface area (TPSA) is 59.2 Å². The number of fused-ring (bicyclic) bond motifs is 2. The molecule has 0 fully saturated rings. The van der Waals surface area contributed by atoms with Crippen molar-refractivity contribution in [2.75, 3.05) is 6.54 Å². The van der Waals surface area contributed by atoms with Crippen LogP contribution in [0.5, 0.6) is 0 Å². The molecule has 1 aromatic carbocycles. The quantitative estimate of drug-likeness (QED) is 0.497. The summed E-state index contributed by atoms with van der Waals surface area (Å²) in [6, 6.07) is 9.15. The van der Waals surface area contributed by atoms with E-state index in [0.717, 1.165) is 34.9 Å². The van der Waals surface area contributed by atoms with Crippen LogP contribution in [-0.2, 0) is 19.5 Å². The van der Waals surface area contributed by atoms with E-state index in [9.17, 15) is 4.79 Å². The predicted octanol–water partition coefficient (Wildman–Crippen LogP) is 4.52. The number of benzene rings is 1. The standard InChI is InChI=1S/C21H16ClN3O2S/c22-15-3-4-18-16(8-15)20(26)14(12-27-18)11-25-6-5-17-13(10-25)9-23-21(24-17)19-2-1-7-28-19/h1-4,7-9,12H,5-6,10-11H2. The molecule has 1 aliphatic rings. The van der Waals surface area contributed by atoms with E-state index in [2.05, 4.69) is 9.88 Å². The molecule has 0 spiro atoms. The average Bonchev–Trinajstić information content (AvgIpc) is 3.25. The van der Waals surface area contributed by atoms with Crippen LogP contribution in [0, 0.1) is 0 Å². The molecule has 0 saturated heterocycles. The van der Waals surface area contributed by atoms with Crippen molar-refractivity contribution in [1.29, 1.82) is 0 Å². The highest BCUT2D eigenvalue weighted by atomic mass is 35.5. The summed E-state index contributed by atoms with van der Waals surface area (Å²) in [4.78, 5) is 25.4. The minimum absolute atomic E-state index is 0.0289. The van der Waals surface area contributed by atoms with E-state index in [1.165, 1.54) is 0 Å². The van der Waals surface area contributed by atoms with Gasteiger partial charge in [0, 0.05) is 48.4 Å². The smallest absolute Gasteiger partial charge is 0.197 e. The lowest BCUT2D eigenvalue weighted by Gasteiger charge is -2.27. The summed E-state index contributed by atoms with van der Waals surface area (Å²) in [5.74, 6) is 0.786. The molecule has 7 heteroatoms. The Balaban J connectivity index is 1.39. The van der Waals surface area contributed by atoms with Crippen molar-refractivity contribution in [2.45, 2.75) is 19.5 Å². The van der Waals surface area contributed by atoms with E-state index in [4.69, 9.17) is 21.0 Å². The first-order chi connectivity index (χ1) is 13.7. The van der Waals surface area contributed by atoms with Crippen molar-refractivity contribution in [3.63, 3.8) is 0 Å². The molecule has 5 rings (SSSR count). The van der Waals surface area contributed by atoms with Gasteiger partial charge in [0.05, 0.1) is 22.2 Å². The Morgan fingerprint density at radius 3 is 3.07 bits per heavy atom. The van der Waals surface area contributed by atoms with Crippen molar-refractivity contribution in [3.8, 4) is 10.7 Å². The summed E-state index contributed by atoms with van der Waals surface area (Å²) in [7, 11) is 0. The lowest BCUT2D eigenvalue weighted by atomic mass is 10.1. The van der Waals surface area contributed by atoms with Crippen LogP contribution < -0.4 is 5.43 Å². The third kappa shape index (κ3) is 3.24. The molecule has 4 aromatic rings. The van der Waals surface area contributed by atoms with Crippen LogP contribution >= 0.6 is 22.9 Å². The molecule has 4 heterocycles. The molecule has 5 nitrogen and oxygen atoms in total. The molecule has 0 unspecified atom stereocenters. The summed E-state index contributed by atoms with van der Waals surface area (Å²) in [6.45, 7) is 2.07. The summed E-state index contributed by atoms with van der Waals surface area (Å²) in [5, 5.41) is 3.08. The van der Waals surface area contributed by atoms with E-state index in [1.54, 1.807) is 35.8 Å². The second-order valence-corrected chi connectivity index (χ2v) is 8.22. The second-order valence-electron chi connectivity index (χ2n) is 6.83. The third-order valence-corrected chi connectivity index (χ3v) is 6.06. The Kier molecular flexibility index (Phi) is 4.47. The maximum atomic E-state index is 12.8. The van der Waals surface area contributed by atoms with Crippen LogP contribution in [0.25, 0.3) is 21.7 Å². The highest BCUT2D eigenvalue weighted by molar-refractivity contribution is 7.13. The minimum atomic E-state index is -0.0289. The van der Waals surface area contributed by atoms with Gasteiger partial charge >= 0.3 is 0 Å². The molecule has 0 saturated carbocycles. The average molecular weight is 410 g/mol. The van der Waals surface area contributed by atoms with Gasteiger partial charge in [0.25, 0.3) is 0 Å². The maximum absolute atomic E-state index is 12.8. The van der Waals surface area contributed by atoms with Gasteiger partial charge in [-0.15, -0.1) is 11.3 Å². The first-order valence-corrected chi connectivity index (χ1v) is 10.2. The van der Waals surface area contributed by atoms with Crippen molar-refractivity contribution in [3.05, 3.63) is 80.2 Å². The van der Waals surface area contributed by atoms with Gasteiger partial charge in [-0.3, -0.25) is 9.69 Å². The molecule has 1 aliphatic heterocycles. The van der Waals surface area contributed by atoms with Crippen molar-refractivity contribution < 1.29 is 4.42 Å². The van der Waals surface area contributed by atoms with Gasteiger partial charge < -0.3 is 4.42 Å². The summed E-state index contributed by atoms with van der Waals surface area (Å²) in [6.07, 6.45) is 4.30. The molecule has 0 bridgehead atoms. The van der Waals surface area contributed by atoms with E-state index in [0.29, 0.717) is 34.6 Å². The maximum Gasteiger partial charge on any atom is 0.197 e. The van der Waals surface area contributed by atoms with E-state index < -0.39 is 0 Å². The number of halogens is 1. The first-order valence-electron chi connectivity index (χ1n) is 8.98. The number of aromatic nitrogens is 2. The molecule has 0 amide bonds. The fourth-order valence-corrected chi connectivity index (χ4v) is 4.36. The molecule has 3 aromatic heterocycles. The van der Waals surface area contributed by atoms with Gasteiger partial charge in [0.15, 0.2) is 11.3 Å². The molecule has 0 radical (unpaired) electrons. The monoisotopic (exact) mass is 409 g/mol. The van der Waals surface area contributed by atoms with Gasteiger partial charge in [-0.1, -0.05) is 17.7 Å². The number of hydrogen-bond acceptors (Lipinski definition) is 6. The molecule has 0 N–H and O–H groups in total. The predicted molar refractivity (Wildman–Crippen MR) is 111 cm³/mol. The zero-order valence-corrected chi connectivity index (χ0v) is 16.5. The zero-order chi connectivity index (χ0) is 19.1. The van der Waals surface area contributed by atoms with Crippen LogP contribution in [-0.4, -0.2) is 21.4 Å². The summed E-state index contributed by atoms with van der Waals surface area (Å²) < 4.78 is 5.64. The zero-order valence-electron chi connectivity index (χ0n) is 14.9. The normalized spacial score (nSPS) is 14.3. The molecule has 28 heavy (non-hydrogen) atoms. The van der Waals surface area contributed by atoms with Gasteiger partial charge in [-0.05, 0) is 29.6 Å².